The van der Waals surface area contributed by atoms with Gasteiger partial charge in [-0.05, 0) is 56.7 Å². The van der Waals surface area contributed by atoms with E-state index in [1.807, 2.05) is 37.3 Å². The number of imidazole rings is 1. The minimum absolute atomic E-state index is 0. The zero-order valence-electron chi connectivity index (χ0n) is 18.1. The maximum absolute atomic E-state index is 15.0. The van der Waals surface area contributed by atoms with Gasteiger partial charge in [-0.25, -0.2) is 23.7 Å². The van der Waals surface area contributed by atoms with E-state index in [1.165, 1.54) is 36.9 Å². The summed E-state index contributed by atoms with van der Waals surface area (Å²) < 4.78 is 29.8. The molecule has 5 nitrogen and oxygen atoms in total. The lowest BCUT2D eigenvalue weighted by atomic mass is 10.1. The molecule has 32 heavy (non-hydrogen) atoms. The highest BCUT2D eigenvalue weighted by Crippen LogP contribution is 2.35. The molecule has 0 amide bonds. The maximum atomic E-state index is 15.0. The molecule has 0 radical (unpaired) electrons. The molecule has 0 aliphatic rings. The second-order valence-corrected chi connectivity index (χ2v) is 7.77. The van der Waals surface area contributed by atoms with E-state index >= 15 is 0 Å². The number of nitrogens with one attached hydrogen (secondary N) is 1. The van der Waals surface area contributed by atoms with Gasteiger partial charge in [-0.1, -0.05) is 30.3 Å². The molecule has 0 saturated carbocycles. The van der Waals surface area contributed by atoms with Gasteiger partial charge in [0, 0.05) is 11.8 Å². The summed E-state index contributed by atoms with van der Waals surface area (Å²) >= 11 is 0. The molecule has 2 aromatic heterocycles. The van der Waals surface area contributed by atoms with Crippen LogP contribution in [0.1, 0.15) is 32.4 Å². The van der Waals surface area contributed by atoms with E-state index in [-0.39, 0.29) is 25.4 Å². The molecule has 1 N–H and O–H groups in total. The number of aromatic nitrogens is 4. The quantitative estimate of drug-likeness (QED) is 0.384. The first-order valence-corrected chi connectivity index (χ1v) is 10.0. The van der Waals surface area contributed by atoms with Gasteiger partial charge in [-0.2, -0.15) is 13.5 Å². The van der Waals surface area contributed by atoms with Crippen molar-refractivity contribution in [2.45, 2.75) is 32.6 Å². The second-order valence-electron chi connectivity index (χ2n) is 7.77. The van der Waals surface area contributed by atoms with Crippen molar-refractivity contribution in [2.75, 3.05) is 5.32 Å². The summed E-state index contributed by atoms with van der Waals surface area (Å²) in [6.45, 7) is 4.92. The first kappa shape index (κ1) is 23.4. The average molecular weight is 454 g/mol. The summed E-state index contributed by atoms with van der Waals surface area (Å²) in [7, 11) is 0. The molecule has 0 aliphatic carbocycles. The molecule has 0 spiro atoms. The normalized spacial score (nSPS) is 12.2. The van der Waals surface area contributed by atoms with E-state index in [4.69, 9.17) is 0 Å². The summed E-state index contributed by atoms with van der Waals surface area (Å²) in [5.74, 6) is -1.64. The van der Waals surface area contributed by atoms with Gasteiger partial charge in [0.05, 0.1) is 29.5 Å². The van der Waals surface area contributed by atoms with Crippen LogP contribution < -0.4 is 5.32 Å². The Labute approximate surface area is 193 Å². The molecule has 1 atom stereocenters. The minimum Gasteiger partial charge on any atom is -0.348 e. The number of alkyl halides is 1. The molecule has 0 saturated heterocycles. The van der Waals surface area contributed by atoms with Crippen molar-refractivity contribution in [3.05, 3.63) is 84.6 Å². The fourth-order valence-electron chi connectivity index (χ4n) is 3.39. The largest absolute Gasteiger partial charge is 0.348 e. The Kier molecular flexibility index (Phi) is 6.93. The standard InChI is InChI=1S/C24H23F2N5.H2S/c1-16(17-7-5-4-6-8-17)29-23-27-14-13-20(30-23)22-21(18-9-11-19(25)12-10-18)28-15-31(22)24(2,3)26;/h4-16H,1-3H3,(H,27,29,30);1H2/t16-;/m0./s1. The third kappa shape index (κ3) is 4.96. The van der Waals surface area contributed by atoms with Crippen molar-refractivity contribution in [1.82, 2.24) is 19.5 Å². The number of anilines is 1. The summed E-state index contributed by atoms with van der Waals surface area (Å²) in [5, 5.41) is 3.29. The first-order chi connectivity index (χ1) is 14.8. The van der Waals surface area contributed by atoms with Crippen LogP contribution in [0.2, 0.25) is 0 Å². The molecule has 4 aromatic rings. The van der Waals surface area contributed by atoms with E-state index in [2.05, 4.69) is 20.3 Å². The molecule has 2 heterocycles. The van der Waals surface area contributed by atoms with Gasteiger partial charge in [-0.15, -0.1) is 0 Å². The van der Waals surface area contributed by atoms with Crippen LogP contribution in [0.25, 0.3) is 22.6 Å². The van der Waals surface area contributed by atoms with Gasteiger partial charge in [0.15, 0.2) is 5.79 Å². The molecule has 8 heteroatoms. The Morgan fingerprint density at radius 1 is 0.969 bits per heavy atom. The van der Waals surface area contributed by atoms with Crippen LogP contribution in [-0.4, -0.2) is 19.5 Å². The van der Waals surface area contributed by atoms with E-state index in [9.17, 15) is 8.78 Å². The van der Waals surface area contributed by atoms with E-state index in [0.717, 1.165) is 5.56 Å². The number of nitrogens with zero attached hydrogens (tertiary/aromatic N) is 4. The first-order valence-electron chi connectivity index (χ1n) is 10.0. The molecule has 0 unspecified atom stereocenters. The van der Waals surface area contributed by atoms with Crippen LogP contribution in [0.15, 0.2) is 73.2 Å². The lowest BCUT2D eigenvalue weighted by Crippen LogP contribution is -2.20. The minimum atomic E-state index is -1.71. The average Bonchev–Trinajstić information content (AvgIpc) is 3.21. The van der Waals surface area contributed by atoms with Crippen molar-refractivity contribution in [1.29, 1.82) is 0 Å². The molecule has 0 aliphatic heterocycles. The lowest BCUT2D eigenvalue weighted by molar-refractivity contribution is 0.122. The molecular weight excluding hydrogens is 428 g/mol. The predicted octanol–water partition coefficient (Wildman–Crippen LogP) is 6.09. The smallest absolute Gasteiger partial charge is 0.223 e. The molecule has 0 fully saturated rings. The maximum Gasteiger partial charge on any atom is 0.223 e. The third-order valence-corrected chi connectivity index (χ3v) is 5.00. The zero-order chi connectivity index (χ0) is 22.0. The highest BCUT2D eigenvalue weighted by molar-refractivity contribution is 7.59. The Morgan fingerprint density at radius 2 is 1.66 bits per heavy atom. The summed E-state index contributed by atoms with van der Waals surface area (Å²) in [4.78, 5) is 13.4. The van der Waals surface area contributed by atoms with Crippen molar-refractivity contribution in [3.63, 3.8) is 0 Å². The van der Waals surface area contributed by atoms with Gasteiger partial charge in [-0.3, -0.25) is 4.57 Å². The number of benzene rings is 2. The Hall–Kier alpha value is -3.26. The van der Waals surface area contributed by atoms with Gasteiger partial charge < -0.3 is 5.32 Å². The van der Waals surface area contributed by atoms with Gasteiger partial charge in [0.25, 0.3) is 0 Å². The second kappa shape index (κ2) is 9.48. The summed E-state index contributed by atoms with van der Waals surface area (Å²) in [6, 6.07) is 17.6. The molecule has 166 valence electrons. The monoisotopic (exact) mass is 453 g/mol. The van der Waals surface area contributed by atoms with Crippen molar-refractivity contribution in [3.8, 4) is 22.6 Å². The molecule has 0 bridgehead atoms. The Bertz CT molecular complexity index is 1170. The molecular formula is C24H25F2N5S. The van der Waals surface area contributed by atoms with E-state index in [0.29, 0.717) is 28.6 Å². The van der Waals surface area contributed by atoms with Crippen LogP contribution >= 0.6 is 13.5 Å². The predicted molar refractivity (Wildman–Crippen MR) is 128 cm³/mol. The third-order valence-electron chi connectivity index (χ3n) is 5.00. The van der Waals surface area contributed by atoms with Crippen molar-refractivity contribution in [2.24, 2.45) is 0 Å². The van der Waals surface area contributed by atoms with E-state index in [1.54, 1.807) is 24.4 Å². The highest BCUT2D eigenvalue weighted by atomic mass is 32.1. The molecule has 2 aromatic carbocycles. The zero-order valence-corrected chi connectivity index (χ0v) is 19.1. The lowest BCUT2D eigenvalue weighted by Gasteiger charge is -2.20. The number of hydrogen-bond donors (Lipinski definition) is 1. The van der Waals surface area contributed by atoms with Crippen molar-refractivity contribution >= 4 is 19.4 Å². The van der Waals surface area contributed by atoms with E-state index < -0.39 is 5.79 Å². The van der Waals surface area contributed by atoms with Crippen LogP contribution in [0.3, 0.4) is 0 Å². The number of rotatable bonds is 6. The number of hydrogen-bond acceptors (Lipinski definition) is 4. The SMILES string of the molecule is C[C@H](Nc1nccc(-c2c(-c3ccc(F)cc3)ncn2C(C)(C)F)n1)c1ccccc1.S. The Morgan fingerprint density at radius 3 is 2.31 bits per heavy atom. The van der Waals surface area contributed by atoms with Crippen LogP contribution in [0.5, 0.6) is 0 Å². The van der Waals surface area contributed by atoms with Gasteiger partial charge in [0.1, 0.15) is 5.82 Å². The van der Waals surface area contributed by atoms with Crippen molar-refractivity contribution < 1.29 is 8.78 Å². The number of halogens is 2. The molecule has 4 rings (SSSR count). The Balaban J connectivity index is 0.00000289. The van der Waals surface area contributed by atoms with Gasteiger partial charge >= 0.3 is 0 Å². The van der Waals surface area contributed by atoms with Crippen LogP contribution in [-0.2, 0) is 5.79 Å². The fourth-order valence-corrected chi connectivity index (χ4v) is 3.39. The van der Waals surface area contributed by atoms with Crippen LogP contribution in [0, 0.1) is 5.82 Å². The van der Waals surface area contributed by atoms with Gasteiger partial charge in [0.2, 0.25) is 5.95 Å². The topological polar surface area (TPSA) is 55.6 Å². The summed E-state index contributed by atoms with van der Waals surface area (Å²) in [5.41, 5.74) is 3.30. The summed E-state index contributed by atoms with van der Waals surface area (Å²) in [6.07, 6.45) is 3.06. The highest BCUT2D eigenvalue weighted by Gasteiger charge is 2.26. The fraction of sp³-hybridized carbons (Fsp3) is 0.208. The van der Waals surface area contributed by atoms with Crippen LogP contribution in [0.4, 0.5) is 14.7 Å².